The van der Waals surface area contributed by atoms with Gasteiger partial charge in [0, 0.05) is 18.2 Å². The lowest BCUT2D eigenvalue weighted by atomic mass is 10.1. The summed E-state index contributed by atoms with van der Waals surface area (Å²) >= 11 is 0. The van der Waals surface area contributed by atoms with Gasteiger partial charge in [-0.3, -0.25) is 4.79 Å². The van der Waals surface area contributed by atoms with Crippen molar-refractivity contribution in [3.8, 4) is 5.75 Å². The van der Waals surface area contributed by atoms with E-state index in [1.165, 1.54) is 12.8 Å². The Balaban J connectivity index is 1.76. The summed E-state index contributed by atoms with van der Waals surface area (Å²) in [7, 11) is 1.61. The van der Waals surface area contributed by atoms with Crippen LogP contribution in [0.4, 0.5) is 0 Å². The van der Waals surface area contributed by atoms with Gasteiger partial charge in [-0.15, -0.1) is 0 Å². The number of rotatable bonds is 5. The van der Waals surface area contributed by atoms with Gasteiger partial charge in [-0.25, -0.2) is 0 Å². The van der Waals surface area contributed by atoms with Crippen molar-refractivity contribution in [1.29, 1.82) is 0 Å². The first kappa shape index (κ1) is 12.9. The average Bonchev–Trinajstić information content (AvgIpc) is 2.92. The molecule has 0 saturated carbocycles. The minimum absolute atomic E-state index is 0.0179. The molecule has 1 saturated heterocycles. The summed E-state index contributed by atoms with van der Waals surface area (Å²) in [5.74, 6) is 0.748. The van der Waals surface area contributed by atoms with Gasteiger partial charge in [-0.05, 0) is 50.1 Å². The second-order valence-electron chi connectivity index (χ2n) is 4.57. The largest absolute Gasteiger partial charge is 0.497 e. The minimum atomic E-state index is -0.0179. The van der Waals surface area contributed by atoms with Crippen molar-refractivity contribution in [1.82, 2.24) is 10.6 Å². The first-order valence-electron chi connectivity index (χ1n) is 6.45. The number of amides is 1. The van der Waals surface area contributed by atoms with E-state index in [0.717, 1.165) is 25.3 Å². The van der Waals surface area contributed by atoms with Crippen LogP contribution in [0.15, 0.2) is 24.3 Å². The molecule has 98 valence electrons. The van der Waals surface area contributed by atoms with E-state index < -0.39 is 0 Å². The van der Waals surface area contributed by atoms with E-state index >= 15 is 0 Å². The van der Waals surface area contributed by atoms with Crippen LogP contribution >= 0.6 is 0 Å². The fourth-order valence-corrected chi connectivity index (χ4v) is 2.21. The predicted octanol–water partition coefficient (Wildman–Crippen LogP) is 1.57. The molecule has 18 heavy (non-hydrogen) atoms. The van der Waals surface area contributed by atoms with Crippen LogP contribution in [0.2, 0.25) is 0 Å². The van der Waals surface area contributed by atoms with E-state index in [-0.39, 0.29) is 5.91 Å². The molecule has 2 N–H and O–H groups in total. The van der Waals surface area contributed by atoms with Gasteiger partial charge in [-0.1, -0.05) is 0 Å². The van der Waals surface area contributed by atoms with Gasteiger partial charge in [0.05, 0.1) is 7.11 Å². The Bertz CT molecular complexity index is 383. The topological polar surface area (TPSA) is 50.4 Å². The monoisotopic (exact) mass is 248 g/mol. The first-order valence-corrected chi connectivity index (χ1v) is 6.45. The van der Waals surface area contributed by atoms with Crippen molar-refractivity contribution in [2.45, 2.75) is 25.3 Å². The van der Waals surface area contributed by atoms with Gasteiger partial charge >= 0.3 is 0 Å². The summed E-state index contributed by atoms with van der Waals surface area (Å²) in [6.07, 6.45) is 3.47. The maximum absolute atomic E-state index is 11.8. The Morgan fingerprint density at radius 3 is 2.83 bits per heavy atom. The molecule has 4 heteroatoms. The zero-order valence-corrected chi connectivity index (χ0v) is 10.7. The molecular formula is C14H20N2O2. The van der Waals surface area contributed by atoms with Crippen LogP contribution in [0.3, 0.4) is 0 Å². The van der Waals surface area contributed by atoms with Crippen LogP contribution in [0.25, 0.3) is 0 Å². The Morgan fingerprint density at radius 1 is 1.44 bits per heavy atom. The van der Waals surface area contributed by atoms with Crippen LogP contribution in [0.1, 0.15) is 29.6 Å². The fourth-order valence-electron chi connectivity index (χ4n) is 2.21. The fraction of sp³-hybridized carbons (Fsp3) is 0.500. The lowest BCUT2D eigenvalue weighted by Gasteiger charge is -2.10. The molecule has 0 bridgehead atoms. The van der Waals surface area contributed by atoms with Crippen molar-refractivity contribution in [3.63, 3.8) is 0 Å². The highest BCUT2D eigenvalue weighted by Gasteiger charge is 2.13. The summed E-state index contributed by atoms with van der Waals surface area (Å²) in [5.41, 5.74) is 0.676. The normalized spacial score (nSPS) is 18.6. The molecule has 1 aliphatic rings. The zero-order valence-electron chi connectivity index (χ0n) is 10.7. The molecule has 0 spiro atoms. The smallest absolute Gasteiger partial charge is 0.251 e. The molecule has 2 rings (SSSR count). The summed E-state index contributed by atoms with van der Waals surface area (Å²) in [6.45, 7) is 1.83. The average molecular weight is 248 g/mol. The number of ether oxygens (including phenoxy) is 1. The molecule has 1 fully saturated rings. The molecule has 0 radical (unpaired) electrons. The summed E-state index contributed by atoms with van der Waals surface area (Å²) in [4.78, 5) is 11.8. The van der Waals surface area contributed by atoms with Crippen molar-refractivity contribution < 1.29 is 9.53 Å². The number of methoxy groups -OCH3 is 1. The Morgan fingerprint density at radius 2 is 2.22 bits per heavy atom. The highest BCUT2D eigenvalue weighted by Crippen LogP contribution is 2.11. The van der Waals surface area contributed by atoms with Crippen LogP contribution < -0.4 is 15.4 Å². The molecule has 1 aliphatic heterocycles. The molecule has 1 aromatic rings. The lowest BCUT2D eigenvalue weighted by molar-refractivity contribution is 0.0952. The van der Waals surface area contributed by atoms with E-state index in [0.29, 0.717) is 11.6 Å². The van der Waals surface area contributed by atoms with Gasteiger partial charge in [0.25, 0.3) is 5.91 Å². The SMILES string of the molecule is COc1ccc(C(=O)NCC[C@H]2CCCN2)cc1. The molecular weight excluding hydrogens is 228 g/mol. The van der Waals surface area contributed by atoms with Crippen molar-refractivity contribution in [2.75, 3.05) is 20.2 Å². The van der Waals surface area contributed by atoms with Crippen LogP contribution in [0, 0.1) is 0 Å². The van der Waals surface area contributed by atoms with Gasteiger partial charge in [0.1, 0.15) is 5.75 Å². The van der Waals surface area contributed by atoms with Crippen molar-refractivity contribution in [3.05, 3.63) is 29.8 Å². The highest BCUT2D eigenvalue weighted by atomic mass is 16.5. The number of hydrogen-bond donors (Lipinski definition) is 2. The number of benzene rings is 1. The summed E-state index contributed by atoms with van der Waals surface area (Å²) in [6, 6.07) is 7.73. The standard InChI is InChI=1S/C14H20N2O2/c1-18-13-6-4-11(5-7-13)14(17)16-10-8-12-3-2-9-15-12/h4-7,12,15H,2-3,8-10H2,1H3,(H,16,17)/t12-/m1/s1. The quantitative estimate of drug-likeness (QED) is 0.831. The van der Waals surface area contributed by atoms with Crippen molar-refractivity contribution >= 4 is 5.91 Å². The van der Waals surface area contributed by atoms with Gasteiger partial charge in [-0.2, -0.15) is 0 Å². The van der Waals surface area contributed by atoms with E-state index in [4.69, 9.17) is 4.74 Å². The zero-order chi connectivity index (χ0) is 12.8. The molecule has 4 nitrogen and oxygen atoms in total. The summed E-state index contributed by atoms with van der Waals surface area (Å²) < 4.78 is 5.06. The Hall–Kier alpha value is -1.55. The maximum Gasteiger partial charge on any atom is 0.251 e. The van der Waals surface area contributed by atoms with Gasteiger partial charge < -0.3 is 15.4 Å². The van der Waals surface area contributed by atoms with E-state index in [1.54, 1.807) is 31.4 Å². The molecule has 1 atom stereocenters. The lowest BCUT2D eigenvalue weighted by Crippen LogP contribution is -2.30. The van der Waals surface area contributed by atoms with E-state index in [2.05, 4.69) is 10.6 Å². The first-order chi connectivity index (χ1) is 8.79. The van der Waals surface area contributed by atoms with Crippen LogP contribution in [-0.4, -0.2) is 32.1 Å². The number of hydrogen-bond acceptors (Lipinski definition) is 3. The third-order valence-corrected chi connectivity index (χ3v) is 3.29. The third kappa shape index (κ3) is 3.47. The molecule has 1 amide bonds. The third-order valence-electron chi connectivity index (χ3n) is 3.29. The predicted molar refractivity (Wildman–Crippen MR) is 71.0 cm³/mol. The molecule has 1 heterocycles. The number of carbonyl (C=O) groups excluding carboxylic acids is 1. The summed E-state index contributed by atoms with van der Waals surface area (Å²) in [5, 5.41) is 6.36. The minimum Gasteiger partial charge on any atom is -0.497 e. The Labute approximate surface area is 108 Å². The molecule has 0 aliphatic carbocycles. The second-order valence-corrected chi connectivity index (χ2v) is 4.57. The maximum atomic E-state index is 11.8. The van der Waals surface area contributed by atoms with Crippen LogP contribution in [-0.2, 0) is 0 Å². The molecule has 0 unspecified atom stereocenters. The van der Waals surface area contributed by atoms with E-state index in [1.807, 2.05) is 0 Å². The van der Waals surface area contributed by atoms with E-state index in [9.17, 15) is 4.79 Å². The van der Waals surface area contributed by atoms with Gasteiger partial charge in [0.15, 0.2) is 0 Å². The van der Waals surface area contributed by atoms with Crippen LogP contribution in [0.5, 0.6) is 5.75 Å². The number of nitrogens with one attached hydrogen (secondary N) is 2. The second kappa shape index (κ2) is 6.40. The Kier molecular flexibility index (Phi) is 4.59. The molecule has 0 aromatic heterocycles. The molecule has 1 aromatic carbocycles. The highest BCUT2D eigenvalue weighted by molar-refractivity contribution is 5.94. The van der Waals surface area contributed by atoms with Gasteiger partial charge in [0.2, 0.25) is 0 Å². The van der Waals surface area contributed by atoms with Crippen molar-refractivity contribution in [2.24, 2.45) is 0 Å². The number of carbonyl (C=O) groups is 1.